The Hall–Kier alpha value is -1.38. The van der Waals surface area contributed by atoms with E-state index in [0.717, 1.165) is 0 Å². The van der Waals surface area contributed by atoms with Gasteiger partial charge in [-0.25, -0.2) is 0 Å². The van der Waals surface area contributed by atoms with E-state index in [0.29, 0.717) is 0 Å². The standard InChI is InChI=1S/C4H3NO2.C2H4/c6-3-1-2-4(7)5-3;1-2/h1-2H,(H,5,6,7);1-2H2. The van der Waals surface area contributed by atoms with E-state index in [1.54, 1.807) is 0 Å². The van der Waals surface area contributed by atoms with Crippen molar-refractivity contribution in [1.29, 1.82) is 0 Å². The Balaban J connectivity index is 0.000000291. The lowest BCUT2D eigenvalue weighted by molar-refractivity contribution is -0.123. The number of amides is 2. The summed E-state index contributed by atoms with van der Waals surface area (Å²) in [6.45, 7) is 6.00. The van der Waals surface area contributed by atoms with E-state index in [9.17, 15) is 9.59 Å². The third kappa shape index (κ3) is 2.43. The van der Waals surface area contributed by atoms with Gasteiger partial charge in [-0.05, 0) is 0 Å². The van der Waals surface area contributed by atoms with Crippen molar-refractivity contribution in [3.63, 3.8) is 0 Å². The quantitative estimate of drug-likeness (QED) is 0.366. The Labute approximate surface area is 53.1 Å². The van der Waals surface area contributed by atoms with Crippen LogP contribution in [-0.2, 0) is 9.59 Å². The Morgan fingerprint density at radius 1 is 1.11 bits per heavy atom. The molecule has 0 aromatic heterocycles. The zero-order chi connectivity index (χ0) is 7.28. The van der Waals surface area contributed by atoms with Gasteiger partial charge in [0.1, 0.15) is 0 Å². The molecule has 0 radical (unpaired) electrons. The number of hydrogen-bond donors (Lipinski definition) is 1. The monoisotopic (exact) mass is 125 g/mol. The van der Waals surface area contributed by atoms with Crippen LogP contribution in [0.4, 0.5) is 0 Å². The van der Waals surface area contributed by atoms with E-state index in [1.807, 2.05) is 5.32 Å². The first-order valence-corrected chi connectivity index (χ1v) is 2.32. The second kappa shape index (κ2) is 3.60. The predicted molar refractivity (Wildman–Crippen MR) is 33.5 cm³/mol. The minimum atomic E-state index is -0.329. The minimum absolute atomic E-state index is 0.329. The lowest BCUT2D eigenvalue weighted by Crippen LogP contribution is -2.19. The summed E-state index contributed by atoms with van der Waals surface area (Å²) in [5, 5.41) is 2.03. The first-order chi connectivity index (χ1) is 4.29. The van der Waals surface area contributed by atoms with Crippen LogP contribution in [0.1, 0.15) is 0 Å². The van der Waals surface area contributed by atoms with Gasteiger partial charge in [-0.15, -0.1) is 13.2 Å². The molecule has 0 aromatic carbocycles. The lowest BCUT2D eigenvalue weighted by atomic mass is 10.6. The van der Waals surface area contributed by atoms with E-state index in [2.05, 4.69) is 13.2 Å². The summed E-state index contributed by atoms with van der Waals surface area (Å²) in [5.74, 6) is -0.657. The highest BCUT2D eigenvalue weighted by Crippen LogP contribution is 1.82. The molecule has 0 fully saturated rings. The van der Waals surface area contributed by atoms with Crippen LogP contribution in [0.25, 0.3) is 0 Å². The maximum atomic E-state index is 10.0. The number of hydrogen-bond acceptors (Lipinski definition) is 2. The molecule has 0 aliphatic carbocycles. The molecule has 0 saturated heterocycles. The van der Waals surface area contributed by atoms with Crippen LogP contribution in [0.15, 0.2) is 25.3 Å². The van der Waals surface area contributed by atoms with Gasteiger partial charge in [-0.1, -0.05) is 0 Å². The van der Waals surface area contributed by atoms with Gasteiger partial charge in [0, 0.05) is 12.2 Å². The number of nitrogens with one attached hydrogen (secondary N) is 1. The number of carbonyl (C=O) groups excluding carboxylic acids is 2. The molecule has 0 unspecified atom stereocenters. The fourth-order valence-corrected chi connectivity index (χ4v) is 0.356. The SMILES string of the molecule is C=C.O=C1C=CC(=O)N1. The molecular weight excluding hydrogens is 118 g/mol. The number of rotatable bonds is 0. The second-order valence-corrected chi connectivity index (χ2v) is 1.19. The first kappa shape index (κ1) is 7.62. The van der Waals surface area contributed by atoms with Crippen molar-refractivity contribution in [2.45, 2.75) is 0 Å². The highest BCUT2D eigenvalue weighted by Gasteiger charge is 2.06. The van der Waals surface area contributed by atoms with Gasteiger partial charge in [0.15, 0.2) is 0 Å². The summed E-state index contributed by atoms with van der Waals surface area (Å²) >= 11 is 0. The maximum absolute atomic E-state index is 10.0. The maximum Gasteiger partial charge on any atom is 0.250 e. The number of carbonyl (C=O) groups is 2. The van der Waals surface area contributed by atoms with Crippen molar-refractivity contribution in [2.24, 2.45) is 0 Å². The fourth-order valence-electron chi connectivity index (χ4n) is 0.356. The van der Waals surface area contributed by atoms with Gasteiger partial charge in [-0.3, -0.25) is 14.9 Å². The Bertz CT molecular complexity index is 144. The number of imide groups is 1. The zero-order valence-corrected chi connectivity index (χ0v) is 4.89. The van der Waals surface area contributed by atoms with E-state index >= 15 is 0 Å². The average molecular weight is 125 g/mol. The molecular formula is C6H7NO2. The summed E-state index contributed by atoms with van der Waals surface area (Å²) in [5.41, 5.74) is 0. The average Bonchev–Trinajstić information content (AvgIpc) is 2.20. The molecule has 9 heavy (non-hydrogen) atoms. The highest BCUT2D eigenvalue weighted by atomic mass is 16.2. The van der Waals surface area contributed by atoms with E-state index in [1.165, 1.54) is 12.2 Å². The summed E-state index contributed by atoms with van der Waals surface area (Å²) in [6, 6.07) is 0. The normalized spacial score (nSPS) is 14.2. The van der Waals surface area contributed by atoms with Gasteiger partial charge in [0.2, 0.25) is 0 Å². The van der Waals surface area contributed by atoms with Gasteiger partial charge in [-0.2, -0.15) is 0 Å². The molecule has 0 spiro atoms. The molecule has 1 aliphatic rings. The third-order valence-corrected chi connectivity index (χ3v) is 0.632. The van der Waals surface area contributed by atoms with Crippen molar-refractivity contribution in [1.82, 2.24) is 5.32 Å². The summed E-state index contributed by atoms with van der Waals surface area (Å²) in [6.07, 6.45) is 2.39. The van der Waals surface area contributed by atoms with Crippen molar-refractivity contribution >= 4 is 11.8 Å². The van der Waals surface area contributed by atoms with Crippen LogP contribution in [0.3, 0.4) is 0 Å². The smallest absolute Gasteiger partial charge is 0.250 e. The van der Waals surface area contributed by atoms with Crippen LogP contribution < -0.4 is 5.32 Å². The molecule has 0 saturated carbocycles. The van der Waals surface area contributed by atoms with Crippen molar-refractivity contribution in [3.8, 4) is 0 Å². The molecule has 1 rings (SSSR count). The van der Waals surface area contributed by atoms with E-state index in [-0.39, 0.29) is 11.8 Å². The minimum Gasteiger partial charge on any atom is -0.289 e. The van der Waals surface area contributed by atoms with Gasteiger partial charge in [0.05, 0.1) is 0 Å². The van der Waals surface area contributed by atoms with Crippen LogP contribution >= 0.6 is 0 Å². The molecule has 1 N–H and O–H groups in total. The third-order valence-electron chi connectivity index (χ3n) is 0.632. The molecule has 3 nitrogen and oxygen atoms in total. The molecule has 1 aliphatic heterocycles. The van der Waals surface area contributed by atoms with Crippen LogP contribution in [-0.4, -0.2) is 11.8 Å². The largest absolute Gasteiger partial charge is 0.289 e. The second-order valence-electron chi connectivity index (χ2n) is 1.19. The van der Waals surface area contributed by atoms with Crippen molar-refractivity contribution < 1.29 is 9.59 Å². The Kier molecular flexibility index (Phi) is 3.05. The molecule has 2 amide bonds. The van der Waals surface area contributed by atoms with Crippen LogP contribution in [0, 0.1) is 0 Å². The van der Waals surface area contributed by atoms with Gasteiger partial charge >= 0.3 is 0 Å². The first-order valence-electron chi connectivity index (χ1n) is 2.32. The Morgan fingerprint density at radius 2 is 1.44 bits per heavy atom. The van der Waals surface area contributed by atoms with Crippen LogP contribution in [0.5, 0.6) is 0 Å². The van der Waals surface area contributed by atoms with Crippen molar-refractivity contribution in [2.75, 3.05) is 0 Å². The van der Waals surface area contributed by atoms with Gasteiger partial charge in [0.25, 0.3) is 11.8 Å². The van der Waals surface area contributed by atoms with E-state index in [4.69, 9.17) is 0 Å². The molecule has 1 heterocycles. The molecule has 3 heteroatoms. The highest BCUT2D eigenvalue weighted by molar-refractivity contribution is 6.12. The summed E-state index contributed by atoms with van der Waals surface area (Å²) < 4.78 is 0. The molecule has 0 bridgehead atoms. The fraction of sp³-hybridized carbons (Fsp3) is 0. The summed E-state index contributed by atoms with van der Waals surface area (Å²) in [7, 11) is 0. The van der Waals surface area contributed by atoms with E-state index < -0.39 is 0 Å². The molecule has 48 valence electrons. The molecule has 0 atom stereocenters. The zero-order valence-electron chi connectivity index (χ0n) is 4.89. The lowest BCUT2D eigenvalue weighted by Gasteiger charge is -1.80. The van der Waals surface area contributed by atoms with Gasteiger partial charge < -0.3 is 0 Å². The van der Waals surface area contributed by atoms with Crippen LogP contribution in [0.2, 0.25) is 0 Å². The Morgan fingerprint density at radius 3 is 1.56 bits per heavy atom. The topological polar surface area (TPSA) is 46.2 Å². The van der Waals surface area contributed by atoms with Crippen molar-refractivity contribution in [3.05, 3.63) is 25.3 Å². The molecule has 0 aromatic rings. The predicted octanol–water partition coefficient (Wildman–Crippen LogP) is 0.00120. The summed E-state index contributed by atoms with van der Waals surface area (Å²) in [4.78, 5) is 20.1.